The fourth-order valence-electron chi connectivity index (χ4n) is 2.35. The van der Waals surface area contributed by atoms with Gasteiger partial charge < -0.3 is 5.32 Å². The van der Waals surface area contributed by atoms with Crippen molar-refractivity contribution in [3.8, 4) is 0 Å². The van der Waals surface area contributed by atoms with Crippen molar-refractivity contribution in [2.75, 3.05) is 0 Å². The summed E-state index contributed by atoms with van der Waals surface area (Å²) in [4.78, 5) is 16.6. The van der Waals surface area contributed by atoms with E-state index in [1.165, 1.54) is 0 Å². The summed E-state index contributed by atoms with van der Waals surface area (Å²) in [6, 6.07) is 9.24. The normalized spacial score (nSPS) is 10.9. The molecule has 5 nitrogen and oxygen atoms in total. The monoisotopic (exact) mass is 314 g/mol. The average molecular weight is 315 g/mol. The number of hydrogen-bond acceptors (Lipinski definition) is 3. The van der Waals surface area contributed by atoms with E-state index in [4.69, 9.17) is 11.6 Å². The molecule has 3 rings (SSSR count). The highest BCUT2D eigenvalue weighted by molar-refractivity contribution is 6.31. The molecule has 3 aromatic rings. The van der Waals surface area contributed by atoms with Crippen molar-refractivity contribution < 1.29 is 4.79 Å². The van der Waals surface area contributed by atoms with Crippen LogP contribution in [0.4, 0.5) is 0 Å². The number of nitrogens with one attached hydrogen (secondary N) is 1. The second-order valence-electron chi connectivity index (χ2n) is 5.08. The predicted molar refractivity (Wildman–Crippen MR) is 85.9 cm³/mol. The van der Waals surface area contributed by atoms with Crippen LogP contribution in [0.1, 0.15) is 21.6 Å². The van der Waals surface area contributed by atoms with Crippen LogP contribution in [0.5, 0.6) is 0 Å². The van der Waals surface area contributed by atoms with Crippen molar-refractivity contribution in [2.24, 2.45) is 7.05 Å². The third-order valence-corrected chi connectivity index (χ3v) is 3.89. The summed E-state index contributed by atoms with van der Waals surface area (Å²) in [5.41, 5.74) is 3.01. The minimum atomic E-state index is -0.183. The SMILES string of the molecule is Cc1nn(C)c2ncc(C(=O)NCc3ccccc3Cl)cc12. The van der Waals surface area contributed by atoms with E-state index in [-0.39, 0.29) is 5.91 Å². The minimum absolute atomic E-state index is 0.183. The van der Waals surface area contributed by atoms with Crippen LogP contribution in [0.2, 0.25) is 5.02 Å². The second kappa shape index (κ2) is 5.77. The Labute approximate surface area is 132 Å². The van der Waals surface area contributed by atoms with Crippen LogP contribution < -0.4 is 5.32 Å². The van der Waals surface area contributed by atoms with E-state index in [0.717, 1.165) is 22.3 Å². The van der Waals surface area contributed by atoms with E-state index in [0.29, 0.717) is 17.1 Å². The Morgan fingerprint density at radius 1 is 1.36 bits per heavy atom. The molecule has 0 spiro atoms. The van der Waals surface area contributed by atoms with Crippen molar-refractivity contribution in [3.05, 3.63) is 58.4 Å². The van der Waals surface area contributed by atoms with E-state index >= 15 is 0 Å². The molecular formula is C16H15ClN4O. The zero-order valence-corrected chi connectivity index (χ0v) is 13.1. The van der Waals surface area contributed by atoms with Crippen LogP contribution in [-0.4, -0.2) is 20.7 Å². The summed E-state index contributed by atoms with van der Waals surface area (Å²) >= 11 is 6.08. The lowest BCUT2D eigenvalue weighted by atomic mass is 10.2. The number of rotatable bonds is 3. The molecule has 112 valence electrons. The highest BCUT2D eigenvalue weighted by Gasteiger charge is 2.12. The van der Waals surface area contributed by atoms with E-state index in [2.05, 4.69) is 15.4 Å². The molecule has 1 N–H and O–H groups in total. The van der Waals surface area contributed by atoms with Gasteiger partial charge in [0, 0.05) is 30.2 Å². The van der Waals surface area contributed by atoms with Crippen molar-refractivity contribution in [1.29, 1.82) is 0 Å². The molecule has 0 saturated carbocycles. The fourth-order valence-corrected chi connectivity index (χ4v) is 2.55. The molecule has 0 aliphatic heterocycles. The first-order valence-electron chi connectivity index (χ1n) is 6.87. The molecule has 0 aliphatic rings. The van der Waals surface area contributed by atoms with E-state index in [1.807, 2.05) is 38.2 Å². The van der Waals surface area contributed by atoms with Crippen molar-refractivity contribution in [2.45, 2.75) is 13.5 Å². The van der Waals surface area contributed by atoms with Crippen LogP contribution in [0.25, 0.3) is 11.0 Å². The standard InChI is InChI=1S/C16H15ClN4O/c1-10-13-7-12(9-18-15(13)21(2)20-10)16(22)19-8-11-5-3-4-6-14(11)17/h3-7,9H,8H2,1-2H3,(H,19,22). The van der Waals surface area contributed by atoms with Crippen molar-refractivity contribution in [1.82, 2.24) is 20.1 Å². The lowest BCUT2D eigenvalue weighted by Gasteiger charge is -2.07. The second-order valence-corrected chi connectivity index (χ2v) is 5.49. The number of carbonyl (C=O) groups is 1. The first-order chi connectivity index (χ1) is 10.6. The van der Waals surface area contributed by atoms with Gasteiger partial charge in [0.25, 0.3) is 5.91 Å². The highest BCUT2D eigenvalue weighted by atomic mass is 35.5. The Hall–Kier alpha value is -2.40. The summed E-state index contributed by atoms with van der Waals surface area (Å²) in [7, 11) is 1.83. The number of amides is 1. The molecule has 0 aliphatic carbocycles. The number of benzene rings is 1. The third kappa shape index (κ3) is 2.67. The van der Waals surface area contributed by atoms with Crippen LogP contribution in [0.3, 0.4) is 0 Å². The molecule has 0 fully saturated rings. The summed E-state index contributed by atoms with van der Waals surface area (Å²) in [6.07, 6.45) is 1.56. The highest BCUT2D eigenvalue weighted by Crippen LogP contribution is 2.17. The summed E-state index contributed by atoms with van der Waals surface area (Å²) in [5.74, 6) is -0.183. The van der Waals surface area contributed by atoms with Crippen LogP contribution in [0, 0.1) is 6.92 Å². The zero-order chi connectivity index (χ0) is 15.7. The summed E-state index contributed by atoms with van der Waals surface area (Å²) < 4.78 is 1.70. The molecule has 1 amide bonds. The fraction of sp³-hybridized carbons (Fsp3) is 0.188. The lowest BCUT2D eigenvalue weighted by Crippen LogP contribution is -2.23. The first kappa shape index (κ1) is 14.5. The largest absolute Gasteiger partial charge is 0.348 e. The number of fused-ring (bicyclic) bond motifs is 1. The van der Waals surface area contributed by atoms with Gasteiger partial charge in [0.05, 0.1) is 11.3 Å². The molecule has 0 bridgehead atoms. The topological polar surface area (TPSA) is 59.8 Å². The Morgan fingerprint density at radius 2 is 2.14 bits per heavy atom. The van der Waals surface area contributed by atoms with Crippen LogP contribution >= 0.6 is 11.6 Å². The van der Waals surface area contributed by atoms with Gasteiger partial charge in [-0.3, -0.25) is 9.48 Å². The van der Waals surface area contributed by atoms with Crippen molar-refractivity contribution >= 4 is 28.5 Å². The maximum Gasteiger partial charge on any atom is 0.253 e. The molecular weight excluding hydrogens is 300 g/mol. The summed E-state index contributed by atoms with van der Waals surface area (Å²) in [6.45, 7) is 2.28. The lowest BCUT2D eigenvalue weighted by molar-refractivity contribution is 0.0950. The Balaban J connectivity index is 1.80. The van der Waals surface area contributed by atoms with Gasteiger partial charge in [-0.15, -0.1) is 0 Å². The van der Waals surface area contributed by atoms with Gasteiger partial charge in [-0.05, 0) is 24.6 Å². The predicted octanol–water partition coefficient (Wildman–Crippen LogP) is 2.86. The number of aromatic nitrogens is 3. The van der Waals surface area contributed by atoms with Gasteiger partial charge in [-0.2, -0.15) is 5.10 Å². The quantitative estimate of drug-likeness (QED) is 0.808. The van der Waals surface area contributed by atoms with Crippen LogP contribution in [-0.2, 0) is 13.6 Å². The molecule has 0 saturated heterocycles. The minimum Gasteiger partial charge on any atom is -0.348 e. The number of carbonyl (C=O) groups excluding carboxylic acids is 1. The zero-order valence-electron chi connectivity index (χ0n) is 12.3. The van der Waals surface area contributed by atoms with Gasteiger partial charge in [0.15, 0.2) is 5.65 Å². The van der Waals surface area contributed by atoms with Gasteiger partial charge in [0.2, 0.25) is 0 Å². The molecule has 0 atom stereocenters. The molecule has 1 aromatic carbocycles. The molecule has 2 heterocycles. The van der Waals surface area contributed by atoms with Gasteiger partial charge in [0.1, 0.15) is 0 Å². The Kier molecular flexibility index (Phi) is 3.81. The average Bonchev–Trinajstić information content (AvgIpc) is 2.80. The van der Waals surface area contributed by atoms with E-state index in [9.17, 15) is 4.79 Å². The van der Waals surface area contributed by atoms with Gasteiger partial charge in [-0.1, -0.05) is 29.8 Å². The molecule has 22 heavy (non-hydrogen) atoms. The van der Waals surface area contributed by atoms with Crippen molar-refractivity contribution in [3.63, 3.8) is 0 Å². The maximum atomic E-state index is 12.3. The number of halogens is 1. The third-order valence-electron chi connectivity index (χ3n) is 3.52. The molecule has 2 aromatic heterocycles. The Morgan fingerprint density at radius 3 is 2.91 bits per heavy atom. The number of hydrogen-bond donors (Lipinski definition) is 1. The van der Waals surface area contributed by atoms with Gasteiger partial charge in [-0.25, -0.2) is 4.98 Å². The molecule has 0 unspecified atom stereocenters. The first-order valence-corrected chi connectivity index (χ1v) is 7.25. The van der Waals surface area contributed by atoms with Crippen LogP contribution in [0.15, 0.2) is 36.5 Å². The van der Waals surface area contributed by atoms with E-state index < -0.39 is 0 Å². The van der Waals surface area contributed by atoms with E-state index in [1.54, 1.807) is 16.9 Å². The number of pyridine rings is 1. The number of nitrogens with zero attached hydrogens (tertiary/aromatic N) is 3. The summed E-state index contributed by atoms with van der Waals surface area (Å²) in [5, 5.41) is 8.68. The van der Waals surface area contributed by atoms with Gasteiger partial charge >= 0.3 is 0 Å². The molecule has 0 radical (unpaired) electrons. The maximum absolute atomic E-state index is 12.3. The smallest absolute Gasteiger partial charge is 0.253 e. The Bertz CT molecular complexity index is 856. The molecule has 6 heteroatoms. The number of aryl methyl sites for hydroxylation is 2.